The van der Waals surface area contributed by atoms with Crippen LogP contribution in [0.5, 0.6) is 11.5 Å². The Labute approximate surface area is 263 Å². The van der Waals surface area contributed by atoms with Gasteiger partial charge >= 0.3 is 0 Å². The Hall–Kier alpha value is -4.90. The highest BCUT2D eigenvalue weighted by Crippen LogP contribution is 2.32. The molecule has 0 aromatic heterocycles. The third-order valence-electron chi connectivity index (χ3n) is 7.46. The molecule has 0 aliphatic rings. The molecule has 0 aliphatic carbocycles. The van der Waals surface area contributed by atoms with Gasteiger partial charge in [-0.2, -0.15) is 0 Å². The van der Waals surface area contributed by atoms with E-state index in [0.29, 0.717) is 5.75 Å². The highest BCUT2D eigenvalue weighted by molar-refractivity contribution is 7.92. The number of benzene rings is 4. The van der Waals surface area contributed by atoms with Gasteiger partial charge in [0.05, 0.1) is 24.8 Å². The van der Waals surface area contributed by atoms with Gasteiger partial charge in [-0.25, -0.2) is 12.8 Å². The number of carbonyl (C=O) groups excluding carboxylic acids is 2. The van der Waals surface area contributed by atoms with E-state index in [1.165, 1.54) is 56.5 Å². The number of aryl methyl sites for hydroxylation is 1. The SMILES string of the molecule is CNC(=O)C(Cc1ccccc1)N(Cc1ccccc1C)C(=O)CN(c1ccc(F)cc1)S(=O)(=O)c1ccc(OC)c(OC)c1. The monoisotopic (exact) mass is 633 g/mol. The molecule has 0 heterocycles. The van der Waals surface area contributed by atoms with Crippen molar-refractivity contribution in [2.24, 2.45) is 0 Å². The van der Waals surface area contributed by atoms with Gasteiger partial charge in [-0.05, 0) is 60.0 Å². The molecule has 236 valence electrons. The van der Waals surface area contributed by atoms with Crippen molar-refractivity contribution in [3.05, 3.63) is 120 Å². The van der Waals surface area contributed by atoms with Gasteiger partial charge in [-0.1, -0.05) is 54.6 Å². The quantitative estimate of drug-likeness (QED) is 0.228. The van der Waals surface area contributed by atoms with E-state index < -0.39 is 40.2 Å². The molecule has 0 saturated heterocycles. The lowest BCUT2D eigenvalue weighted by molar-refractivity contribution is -0.139. The highest BCUT2D eigenvalue weighted by atomic mass is 32.2. The van der Waals surface area contributed by atoms with Crippen molar-refractivity contribution in [1.82, 2.24) is 10.2 Å². The second kappa shape index (κ2) is 14.7. The lowest BCUT2D eigenvalue weighted by Crippen LogP contribution is -2.53. The fourth-order valence-electron chi connectivity index (χ4n) is 4.93. The Bertz CT molecular complexity index is 1730. The Balaban J connectivity index is 1.81. The van der Waals surface area contributed by atoms with E-state index in [1.807, 2.05) is 61.5 Å². The smallest absolute Gasteiger partial charge is 0.264 e. The number of anilines is 1. The van der Waals surface area contributed by atoms with E-state index in [0.717, 1.165) is 33.1 Å². The van der Waals surface area contributed by atoms with Gasteiger partial charge in [0, 0.05) is 26.1 Å². The standard InChI is InChI=1S/C34H36FN3O6S/c1-24-10-8-9-13-26(24)22-37(30(34(40)36-2)20-25-11-6-5-7-12-25)33(39)23-38(28-16-14-27(35)15-17-28)45(41,42)29-18-19-31(43-3)32(21-29)44-4/h5-19,21,30H,20,22-23H2,1-4H3,(H,36,40). The Kier molecular flexibility index (Phi) is 10.8. The van der Waals surface area contributed by atoms with Gasteiger partial charge in [-0.15, -0.1) is 0 Å². The number of sulfonamides is 1. The summed E-state index contributed by atoms with van der Waals surface area (Å²) in [6, 6.07) is 24.6. The molecule has 0 saturated carbocycles. The van der Waals surface area contributed by atoms with Crippen LogP contribution in [0.15, 0.2) is 102 Å². The topological polar surface area (TPSA) is 105 Å². The number of likely N-dealkylation sites (N-methyl/N-ethyl adjacent to an activating group) is 1. The van der Waals surface area contributed by atoms with Crippen LogP contribution in [0, 0.1) is 12.7 Å². The summed E-state index contributed by atoms with van der Waals surface area (Å²) in [5, 5.41) is 2.66. The van der Waals surface area contributed by atoms with Gasteiger partial charge in [-0.3, -0.25) is 13.9 Å². The average Bonchev–Trinajstić information content (AvgIpc) is 3.06. The van der Waals surface area contributed by atoms with Crippen LogP contribution in [0.4, 0.5) is 10.1 Å². The van der Waals surface area contributed by atoms with Crippen LogP contribution in [-0.4, -0.2) is 59.0 Å². The second-order valence-electron chi connectivity index (χ2n) is 10.3. The third-order valence-corrected chi connectivity index (χ3v) is 9.23. The Morgan fingerprint density at radius 2 is 1.51 bits per heavy atom. The number of halogens is 1. The minimum Gasteiger partial charge on any atom is -0.493 e. The summed E-state index contributed by atoms with van der Waals surface area (Å²) in [5.41, 5.74) is 2.58. The zero-order chi connectivity index (χ0) is 32.6. The molecule has 1 atom stereocenters. The number of rotatable bonds is 13. The van der Waals surface area contributed by atoms with E-state index in [4.69, 9.17) is 9.47 Å². The summed E-state index contributed by atoms with van der Waals surface area (Å²) >= 11 is 0. The largest absolute Gasteiger partial charge is 0.493 e. The molecular formula is C34H36FN3O6S. The third kappa shape index (κ3) is 7.79. The number of nitrogens with zero attached hydrogens (tertiary/aromatic N) is 2. The van der Waals surface area contributed by atoms with Crippen molar-refractivity contribution in [3.8, 4) is 11.5 Å². The fraction of sp³-hybridized carbons (Fsp3) is 0.235. The van der Waals surface area contributed by atoms with Gasteiger partial charge < -0.3 is 19.7 Å². The molecule has 45 heavy (non-hydrogen) atoms. The molecule has 1 unspecified atom stereocenters. The van der Waals surface area contributed by atoms with Crippen LogP contribution in [-0.2, 0) is 32.6 Å². The second-order valence-corrected chi connectivity index (χ2v) is 12.1. The van der Waals surface area contributed by atoms with Crippen molar-refractivity contribution < 1.29 is 31.9 Å². The summed E-state index contributed by atoms with van der Waals surface area (Å²) in [4.78, 5) is 29.0. The maximum absolute atomic E-state index is 14.4. The molecule has 4 aromatic carbocycles. The Morgan fingerprint density at radius 3 is 2.13 bits per heavy atom. The molecule has 0 spiro atoms. The molecule has 4 aromatic rings. The molecule has 4 rings (SSSR count). The fourth-order valence-corrected chi connectivity index (χ4v) is 6.36. The summed E-state index contributed by atoms with van der Waals surface area (Å²) in [6.07, 6.45) is 0.192. The number of amides is 2. The van der Waals surface area contributed by atoms with E-state index in [2.05, 4.69) is 5.32 Å². The molecule has 0 aliphatic heterocycles. The summed E-state index contributed by atoms with van der Waals surface area (Å²) in [5.74, 6) is -1.11. The molecular weight excluding hydrogens is 597 g/mol. The van der Waals surface area contributed by atoms with Crippen LogP contribution >= 0.6 is 0 Å². The van der Waals surface area contributed by atoms with Crippen LogP contribution in [0.25, 0.3) is 0 Å². The summed E-state index contributed by atoms with van der Waals surface area (Å²) < 4.78 is 53.8. The number of methoxy groups -OCH3 is 2. The Morgan fingerprint density at radius 1 is 0.867 bits per heavy atom. The molecule has 1 N–H and O–H groups in total. The summed E-state index contributed by atoms with van der Waals surface area (Å²) in [7, 11) is -0.121. The number of nitrogens with one attached hydrogen (secondary N) is 1. The molecule has 0 bridgehead atoms. The van der Waals surface area contributed by atoms with Gasteiger partial charge in [0.15, 0.2) is 11.5 Å². The first-order valence-electron chi connectivity index (χ1n) is 14.2. The van der Waals surface area contributed by atoms with Crippen LogP contribution in [0.2, 0.25) is 0 Å². The van der Waals surface area contributed by atoms with E-state index in [9.17, 15) is 22.4 Å². The molecule has 0 fully saturated rings. The minimum atomic E-state index is -4.42. The number of carbonyl (C=O) groups is 2. The highest BCUT2D eigenvalue weighted by Gasteiger charge is 2.35. The van der Waals surface area contributed by atoms with E-state index >= 15 is 0 Å². The maximum Gasteiger partial charge on any atom is 0.264 e. The first-order chi connectivity index (χ1) is 21.6. The molecule has 9 nitrogen and oxygen atoms in total. The maximum atomic E-state index is 14.4. The summed E-state index contributed by atoms with van der Waals surface area (Å²) in [6.45, 7) is 1.27. The molecule has 11 heteroatoms. The van der Waals surface area contributed by atoms with Crippen LogP contribution in [0.3, 0.4) is 0 Å². The predicted octanol–water partition coefficient (Wildman–Crippen LogP) is 4.73. The van der Waals surface area contributed by atoms with Crippen molar-refractivity contribution in [1.29, 1.82) is 0 Å². The van der Waals surface area contributed by atoms with Gasteiger partial charge in [0.25, 0.3) is 10.0 Å². The van der Waals surface area contributed by atoms with Crippen LogP contribution in [0.1, 0.15) is 16.7 Å². The minimum absolute atomic E-state index is 0.0457. The lowest BCUT2D eigenvalue weighted by Gasteiger charge is -2.34. The normalized spacial score (nSPS) is 11.8. The van der Waals surface area contributed by atoms with Gasteiger partial charge in [0.1, 0.15) is 18.4 Å². The predicted molar refractivity (Wildman–Crippen MR) is 170 cm³/mol. The van der Waals surface area contributed by atoms with Crippen LogP contribution < -0.4 is 19.1 Å². The van der Waals surface area contributed by atoms with Crippen molar-refractivity contribution in [2.75, 3.05) is 32.1 Å². The van der Waals surface area contributed by atoms with Crippen molar-refractivity contribution in [2.45, 2.75) is 30.8 Å². The van der Waals surface area contributed by atoms with E-state index in [1.54, 1.807) is 0 Å². The van der Waals surface area contributed by atoms with Crippen molar-refractivity contribution >= 4 is 27.5 Å². The lowest BCUT2D eigenvalue weighted by atomic mass is 10.0. The first-order valence-corrected chi connectivity index (χ1v) is 15.6. The number of ether oxygens (including phenoxy) is 2. The zero-order valence-electron chi connectivity index (χ0n) is 25.6. The molecule has 2 amide bonds. The van der Waals surface area contributed by atoms with E-state index in [-0.39, 0.29) is 29.3 Å². The van der Waals surface area contributed by atoms with Crippen molar-refractivity contribution in [3.63, 3.8) is 0 Å². The number of hydrogen-bond donors (Lipinski definition) is 1. The molecule has 0 radical (unpaired) electrons. The average molecular weight is 634 g/mol. The number of hydrogen-bond acceptors (Lipinski definition) is 6. The first kappa shape index (κ1) is 33.0. The van der Waals surface area contributed by atoms with Gasteiger partial charge in [0.2, 0.25) is 11.8 Å². The zero-order valence-corrected chi connectivity index (χ0v) is 26.4.